The highest BCUT2D eigenvalue weighted by atomic mass is 16.5. The topological polar surface area (TPSA) is 84.7 Å². The fraction of sp³-hybridized carbons (Fsp3) is 0.421. The molecule has 7 heteroatoms. The van der Waals surface area contributed by atoms with Crippen LogP contribution in [0.4, 0.5) is 0 Å². The number of hydrogen-bond acceptors (Lipinski definition) is 4. The van der Waals surface area contributed by atoms with Crippen molar-refractivity contribution in [2.24, 2.45) is 5.41 Å². The van der Waals surface area contributed by atoms with Crippen molar-refractivity contribution in [1.29, 1.82) is 0 Å². The molecule has 1 unspecified atom stereocenters. The Balaban J connectivity index is 1.90. The summed E-state index contributed by atoms with van der Waals surface area (Å²) in [6, 6.07) is 9.61. The molecular weight excluding hydrogens is 334 g/mol. The van der Waals surface area contributed by atoms with Crippen LogP contribution in [-0.2, 0) is 9.53 Å². The zero-order chi connectivity index (χ0) is 18.9. The lowest BCUT2D eigenvalue weighted by Gasteiger charge is -2.23. The molecule has 2 aromatic rings. The molecule has 1 aromatic heterocycles. The summed E-state index contributed by atoms with van der Waals surface area (Å²) in [6.07, 6.45) is 0.382. The van der Waals surface area contributed by atoms with Crippen LogP contribution in [0.15, 0.2) is 30.3 Å². The Morgan fingerprint density at radius 3 is 2.58 bits per heavy atom. The third-order valence-corrected chi connectivity index (χ3v) is 5.02. The van der Waals surface area contributed by atoms with E-state index in [4.69, 9.17) is 4.74 Å². The standard InChI is InChI=1S/C19H23N3O4/c1-13-16(14(2)22(20-13)15-7-5-4-6-8-15)17(23)21-10-9-19(11-21,12-26-3)18(24)25/h4-8H,9-12H2,1-3H3,(H,24,25). The molecule has 0 radical (unpaired) electrons. The van der Waals surface area contributed by atoms with Crippen LogP contribution in [0.3, 0.4) is 0 Å². The largest absolute Gasteiger partial charge is 0.481 e. The number of carbonyl (C=O) groups is 2. The van der Waals surface area contributed by atoms with Gasteiger partial charge in [-0.05, 0) is 32.4 Å². The Kier molecular flexibility index (Phi) is 4.82. The number of likely N-dealkylation sites (tertiary alicyclic amines) is 1. The third-order valence-electron chi connectivity index (χ3n) is 5.02. The highest BCUT2D eigenvalue weighted by Crippen LogP contribution is 2.33. The number of aryl methyl sites for hydroxylation is 1. The van der Waals surface area contributed by atoms with E-state index >= 15 is 0 Å². The zero-order valence-corrected chi connectivity index (χ0v) is 15.2. The van der Waals surface area contributed by atoms with Gasteiger partial charge in [0.1, 0.15) is 5.41 Å². The number of para-hydroxylation sites is 1. The number of carboxylic acids is 1. The van der Waals surface area contributed by atoms with Gasteiger partial charge in [0.05, 0.1) is 29.2 Å². The van der Waals surface area contributed by atoms with Gasteiger partial charge in [-0.3, -0.25) is 9.59 Å². The second-order valence-corrected chi connectivity index (χ2v) is 6.79. The smallest absolute Gasteiger partial charge is 0.313 e. The molecule has 1 aliphatic rings. The monoisotopic (exact) mass is 357 g/mol. The van der Waals surface area contributed by atoms with Gasteiger partial charge in [0, 0.05) is 20.2 Å². The number of methoxy groups -OCH3 is 1. The van der Waals surface area contributed by atoms with E-state index in [0.29, 0.717) is 24.2 Å². The molecule has 0 saturated carbocycles. The molecule has 0 bridgehead atoms. The van der Waals surface area contributed by atoms with Gasteiger partial charge in [0.2, 0.25) is 0 Å². The fourth-order valence-electron chi connectivity index (χ4n) is 3.61. The molecule has 7 nitrogen and oxygen atoms in total. The molecular formula is C19H23N3O4. The van der Waals surface area contributed by atoms with Crippen LogP contribution in [0.2, 0.25) is 0 Å². The van der Waals surface area contributed by atoms with Crippen molar-refractivity contribution >= 4 is 11.9 Å². The molecule has 138 valence electrons. The minimum absolute atomic E-state index is 0.0906. The van der Waals surface area contributed by atoms with Crippen LogP contribution >= 0.6 is 0 Å². The molecule has 2 heterocycles. The number of carboxylic acid groups (broad SMARTS) is 1. The Morgan fingerprint density at radius 1 is 1.27 bits per heavy atom. The Morgan fingerprint density at radius 2 is 1.96 bits per heavy atom. The first-order chi connectivity index (χ1) is 12.4. The Labute approximate surface area is 152 Å². The number of aromatic nitrogens is 2. The third kappa shape index (κ3) is 2.99. The van der Waals surface area contributed by atoms with Gasteiger partial charge in [0.25, 0.3) is 5.91 Å². The van der Waals surface area contributed by atoms with Gasteiger partial charge < -0.3 is 14.7 Å². The SMILES string of the molecule is COCC1(C(=O)O)CCN(C(=O)c2c(C)nn(-c3ccccc3)c2C)C1. The highest BCUT2D eigenvalue weighted by Gasteiger charge is 2.47. The first-order valence-corrected chi connectivity index (χ1v) is 8.53. The molecule has 1 N–H and O–H groups in total. The molecule has 0 aliphatic carbocycles. The minimum Gasteiger partial charge on any atom is -0.481 e. The number of hydrogen-bond donors (Lipinski definition) is 1. The second-order valence-electron chi connectivity index (χ2n) is 6.79. The quantitative estimate of drug-likeness (QED) is 0.885. The van der Waals surface area contributed by atoms with Crippen LogP contribution in [0.25, 0.3) is 5.69 Å². The molecule has 1 aromatic carbocycles. The number of amides is 1. The Bertz CT molecular complexity index is 831. The van der Waals surface area contributed by atoms with E-state index in [1.807, 2.05) is 37.3 Å². The van der Waals surface area contributed by atoms with Gasteiger partial charge in [-0.2, -0.15) is 5.10 Å². The predicted octanol–water partition coefficient (Wildman–Crippen LogP) is 2.05. The predicted molar refractivity (Wildman–Crippen MR) is 95.5 cm³/mol. The summed E-state index contributed by atoms with van der Waals surface area (Å²) in [4.78, 5) is 26.4. The van der Waals surface area contributed by atoms with Gasteiger partial charge in [-0.15, -0.1) is 0 Å². The van der Waals surface area contributed by atoms with E-state index in [1.54, 1.807) is 16.5 Å². The fourth-order valence-corrected chi connectivity index (χ4v) is 3.61. The minimum atomic E-state index is -1.04. The van der Waals surface area contributed by atoms with E-state index in [2.05, 4.69) is 5.10 Å². The maximum Gasteiger partial charge on any atom is 0.313 e. The van der Waals surface area contributed by atoms with Crippen LogP contribution in [0, 0.1) is 19.3 Å². The molecule has 3 rings (SSSR count). The van der Waals surface area contributed by atoms with Crippen molar-refractivity contribution in [2.75, 3.05) is 26.8 Å². The van der Waals surface area contributed by atoms with Gasteiger partial charge >= 0.3 is 5.97 Å². The van der Waals surface area contributed by atoms with Gasteiger partial charge in [-0.25, -0.2) is 4.68 Å². The average molecular weight is 357 g/mol. The number of rotatable bonds is 5. The van der Waals surface area contributed by atoms with E-state index in [1.165, 1.54) is 7.11 Å². The van der Waals surface area contributed by atoms with Crippen LogP contribution in [-0.4, -0.2) is 58.5 Å². The first-order valence-electron chi connectivity index (χ1n) is 8.53. The summed E-state index contributed by atoms with van der Waals surface area (Å²) in [5.41, 5.74) is 1.76. The molecule has 1 aliphatic heterocycles. The summed E-state index contributed by atoms with van der Waals surface area (Å²) in [5, 5.41) is 14.1. The summed E-state index contributed by atoms with van der Waals surface area (Å²) in [7, 11) is 1.48. The number of aliphatic carboxylic acids is 1. The normalized spacial score (nSPS) is 19.7. The number of ether oxygens (including phenoxy) is 1. The lowest BCUT2D eigenvalue weighted by atomic mass is 9.88. The van der Waals surface area contributed by atoms with Crippen molar-refractivity contribution in [2.45, 2.75) is 20.3 Å². The molecule has 1 saturated heterocycles. The van der Waals surface area contributed by atoms with Gasteiger partial charge in [0.15, 0.2) is 0 Å². The first kappa shape index (κ1) is 18.1. The van der Waals surface area contributed by atoms with Crippen molar-refractivity contribution in [3.05, 3.63) is 47.3 Å². The van der Waals surface area contributed by atoms with Crippen molar-refractivity contribution in [1.82, 2.24) is 14.7 Å². The average Bonchev–Trinajstić information content (AvgIpc) is 3.18. The number of benzene rings is 1. The zero-order valence-electron chi connectivity index (χ0n) is 15.2. The lowest BCUT2D eigenvalue weighted by Crippen LogP contribution is -2.40. The number of carbonyl (C=O) groups excluding carboxylic acids is 1. The maximum absolute atomic E-state index is 13.1. The number of nitrogens with zero attached hydrogens (tertiary/aromatic N) is 3. The van der Waals surface area contributed by atoms with E-state index in [-0.39, 0.29) is 19.1 Å². The van der Waals surface area contributed by atoms with Crippen molar-refractivity contribution < 1.29 is 19.4 Å². The molecule has 0 spiro atoms. The lowest BCUT2D eigenvalue weighted by molar-refractivity contribution is -0.151. The van der Waals surface area contributed by atoms with Crippen LogP contribution in [0.1, 0.15) is 28.2 Å². The molecule has 1 fully saturated rings. The summed E-state index contributed by atoms with van der Waals surface area (Å²) >= 11 is 0. The maximum atomic E-state index is 13.1. The van der Waals surface area contributed by atoms with Crippen molar-refractivity contribution in [3.63, 3.8) is 0 Å². The summed E-state index contributed by atoms with van der Waals surface area (Å²) in [5.74, 6) is -1.11. The van der Waals surface area contributed by atoms with Gasteiger partial charge in [-0.1, -0.05) is 18.2 Å². The van der Waals surface area contributed by atoms with Crippen molar-refractivity contribution in [3.8, 4) is 5.69 Å². The highest BCUT2D eigenvalue weighted by molar-refractivity contribution is 5.97. The van der Waals surface area contributed by atoms with E-state index in [0.717, 1.165) is 11.4 Å². The Hall–Kier alpha value is -2.67. The summed E-state index contributed by atoms with van der Waals surface area (Å²) in [6.45, 7) is 4.28. The van der Waals surface area contributed by atoms with Crippen LogP contribution < -0.4 is 0 Å². The molecule has 1 atom stereocenters. The van der Waals surface area contributed by atoms with E-state index < -0.39 is 11.4 Å². The van der Waals surface area contributed by atoms with Crippen LogP contribution in [0.5, 0.6) is 0 Å². The summed E-state index contributed by atoms with van der Waals surface area (Å²) < 4.78 is 6.85. The van der Waals surface area contributed by atoms with E-state index in [9.17, 15) is 14.7 Å². The second kappa shape index (κ2) is 6.92. The molecule has 26 heavy (non-hydrogen) atoms. The molecule has 1 amide bonds.